The number of hydrogen-bond donors (Lipinski definition) is 0. The maximum Gasteiger partial charge on any atom is 0.433 e. The lowest BCUT2D eigenvalue weighted by molar-refractivity contribution is -0.144. The summed E-state index contributed by atoms with van der Waals surface area (Å²) in [5.41, 5.74) is -1.61. The van der Waals surface area contributed by atoms with E-state index >= 15 is 0 Å². The van der Waals surface area contributed by atoms with Crippen LogP contribution in [0.25, 0.3) is 0 Å². The van der Waals surface area contributed by atoms with Gasteiger partial charge in [-0.25, -0.2) is 4.79 Å². The molecule has 130 valence electrons. The van der Waals surface area contributed by atoms with Crippen molar-refractivity contribution in [1.29, 1.82) is 0 Å². The summed E-state index contributed by atoms with van der Waals surface area (Å²) in [6.45, 7) is 3.03. The van der Waals surface area contributed by atoms with Gasteiger partial charge in [0.25, 0.3) is 5.56 Å². The highest BCUT2D eigenvalue weighted by Gasteiger charge is 2.37. The van der Waals surface area contributed by atoms with Crippen molar-refractivity contribution in [2.75, 3.05) is 0 Å². The number of aryl methyl sites for hydroxylation is 1. The van der Waals surface area contributed by atoms with Crippen LogP contribution < -0.4 is 5.56 Å². The average Bonchev–Trinajstić information content (AvgIpc) is 2.81. The first-order valence-electron chi connectivity index (χ1n) is 7.09. The van der Waals surface area contributed by atoms with Gasteiger partial charge >= 0.3 is 12.1 Å². The Hall–Kier alpha value is -2.58. The zero-order valence-electron chi connectivity index (χ0n) is 13.3. The summed E-state index contributed by atoms with van der Waals surface area (Å²) < 4.78 is 45.8. The third-order valence-electron chi connectivity index (χ3n) is 3.20. The lowest BCUT2D eigenvalue weighted by Gasteiger charge is -2.12. The molecule has 0 saturated heterocycles. The number of esters is 1. The first-order valence-corrected chi connectivity index (χ1v) is 7.09. The van der Waals surface area contributed by atoms with E-state index in [9.17, 15) is 22.8 Å². The fraction of sp³-hybridized carbons (Fsp3) is 0.400. The number of aromatic nitrogens is 3. The first kappa shape index (κ1) is 17.8. The van der Waals surface area contributed by atoms with Gasteiger partial charge in [0.2, 0.25) is 0 Å². The van der Waals surface area contributed by atoms with Crippen LogP contribution >= 0.6 is 0 Å². The molecule has 0 aliphatic carbocycles. The van der Waals surface area contributed by atoms with Crippen molar-refractivity contribution in [2.45, 2.75) is 32.7 Å². The molecule has 0 spiro atoms. The van der Waals surface area contributed by atoms with Crippen LogP contribution in [0.5, 0.6) is 0 Å². The van der Waals surface area contributed by atoms with Crippen LogP contribution in [0.1, 0.15) is 35.5 Å². The van der Waals surface area contributed by atoms with E-state index in [1.165, 1.54) is 19.3 Å². The molecule has 6 nitrogen and oxygen atoms in total. The van der Waals surface area contributed by atoms with E-state index in [-0.39, 0.29) is 23.8 Å². The molecule has 2 aromatic rings. The molecule has 0 fully saturated rings. The zero-order chi connectivity index (χ0) is 18.1. The highest BCUT2D eigenvalue weighted by Crippen LogP contribution is 2.31. The monoisotopic (exact) mass is 343 g/mol. The van der Waals surface area contributed by atoms with Crippen molar-refractivity contribution in [3.8, 4) is 0 Å². The molecule has 0 atom stereocenters. The average molecular weight is 343 g/mol. The summed E-state index contributed by atoms with van der Waals surface area (Å²) in [6, 6.07) is 2.37. The highest BCUT2D eigenvalue weighted by atomic mass is 19.4. The number of alkyl halides is 3. The van der Waals surface area contributed by atoms with Gasteiger partial charge in [0.05, 0.1) is 24.4 Å². The summed E-state index contributed by atoms with van der Waals surface area (Å²) in [5, 5.41) is 3.59. The molecule has 0 N–H and O–H groups in total. The Morgan fingerprint density at radius 3 is 2.58 bits per heavy atom. The number of pyridine rings is 1. The van der Waals surface area contributed by atoms with Crippen molar-refractivity contribution >= 4 is 5.97 Å². The zero-order valence-corrected chi connectivity index (χ0v) is 13.3. The number of rotatable bonds is 4. The van der Waals surface area contributed by atoms with Gasteiger partial charge in [-0.1, -0.05) is 0 Å². The van der Waals surface area contributed by atoms with Crippen molar-refractivity contribution in [2.24, 2.45) is 7.05 Å². The molecule has 2 rings (SSSR count). The smallest absolute Gasteiger partial charge is 0.433 e. The quantitative estimate of drug-likeness (QED) is 0.799. The number of ether oxygens (including phenoxy) is 1. The van der Waals surface area contributed by atoms with Gasteiger partial charge in [-0.2, -0.15) is 18.3 Å². The van der Waals surface area contributed by atoms with Crippen LogP contribution in [0.2, 0.25) is 0 Å². The number of carbonyl (C=O) groups is 1. The van der Waals surface area contributed by atoms with Crippen LogP contribution in [0, 0.1) is 0 Å². The molecule has 2 heterocycles. The van der Waals surface area contributed by atoms with Crippen LogP contribution in [0.15, 0.2) is 29.3 Å². The Labute approximate surface area is 135 Å². The van der Waals surface area contributed by atoms with Crippen molar-refractivity contribution in [3.05, 3.63) is 51.7 Å². The van der Waals surface area contributed by atoms with Crippen LogP contribution in [0.4, 0.5) is 13.2 Å². The fourth-order valence-electron chi connectivity index (χ4n) is 2.20. The van der Waals surface area contributed by atoms with Crippen LogP contribution in [0.3, 0.4) is 0 Å². The highest BCUT2D eigenvalue weighted by molar-refractivity contribution is 5.89. The number of carbonyl (C=O) groups excluding carboxylic acids is 1. The van der Waals surface area contributed by atoms with Crippen molar-refractivity contribution in [3.63, 3.8) is 0 Å². The first-order chi connectivity index (χ1) is 11.1. The fourth-order valence-corrected chi connectivity index (χ4v) is 2.20. The predicted molar refractivity (Wildman–Crippen MR) is 78.6 cm³/mol. The topological polar surface area (TPSA) is 66.1 Å². The normalized spacial score (nSPS) is 11.8. The molecule has 0 bridgehead atoms. The minimum atomic E-state index is -4.58. The van der Waals surface area contributed by atoms with Gasteiger partial charge in [0, 0.05) is 24.9 Å². The molecule has 0 unspecified atom stereocenters. The minimum absolute atomic E-state index is 0.0483. The Morgan fingerprint density at radius 2 is 2.04 bits per heavy atom. The Kier molecular flexibility index (Phi) is 4.81. The minimum Gasteiger partial charge on any atom is -0.459 e. The van der Waals surface area contributed by atoms with Crippen LogP contribution in [-0.4, -0.2) is 26.4 Å². The summed E-state index contributed by atoms with van der Waals surface area (Å²) >= 11 is 0. The number of halogens is 3. The van der Waals surface area contributed by atoms with Gasteiger partial charge in [0.15, 0.2) is 0 Å². The lowest BCUT2D eigenvalue weighted by Crippen LogP contribution is -2.23. The van der Waals surface area contributed by atoms with E-state index in [4.69, 9.17) is 4.74 Å². The molecule has 0 radical (unpaired) electrons. The van der Waals surface area contributed by atoms with E-state index in [0.29, 0.717) is 0 Å². The molecule has 0 aliphatic rings. The maximum absolute atomic E-state index is 13.0. The summed E-state index contributed by atoms with van der Waals surface area (Å²) in [6.07, 6.45) is -2.60. The second-order valence-electron chi connectivity index (χ2n) is 5.48. The second kappa shape index (κ2) is 6.50. The predicted octanol–water partition coefficient (Wildman–Crippen LogP) is 2.21. The largest absolute Gasteiger partial charge is 0.459 e. The van der Waals surface area contributed by atoms with E-state index in [1.54, 1.807) is 13.8 Å². The van der Waals surface area contributed by atoms with E-state index in [1.807, 2.05) is 0 Å². The Morgan fingerprint density at radius 1 is 1.38 bits per heavy atom. The van der Waals surface area contributed by atoms with Gasteiger partial charge < -0.3 is 9.30 Å². The third-order valence-corrected chi connectivity index (χ3v) is 3.20. The Bertz CT molecular complexity index is 806. The summed E-state index contributed by atoms with van der Waals surface area (Å²) in [7, 11) is 1.18. The SMILES string of the molecule is CC(C)OC(=O)c1ccn(Cc2cnn(C)c2C(F)(F)F)c(=O)c1. The molecule has 9 heteroatoms. The Balaban J connectivity index is 2.30. The van der Waals surface area contributed by atoms with Crippen molar-refractivity contribution < 1.29 is 22.7 Å². The molecule has 0 aliphatic heterocycles. The van der Waals surface area contributed by atoms with E-state index in [2.05, 4.69) is 5.10 Å². The number of hydrogen-bond acceptors (Lipinski definition) is 4. The number of nitrogens with zero attached hydrogens (tertiary/aromatic N) is 3. The lowest BCUT2D eigenvalue weighted by atomic mass is 10.2. The molecule has 0 amide bonds. The molecule has 0 aromatic carbocycles. The van der Waals surface area contributed by atoms with Crippen LogP contribution in [-0.2, 0) is 24.5 Å². The van der Waals surface area contributed by atoms with E-state index in [0.717, 1.165) is 21.5 Å². The van der Waals surface area contributed by atoms with Gasteiger partial charge in [0.1, 0.15) is 5.69 Å². The second-order valence-corrected chi connectivity index (χ2v) is 5.48. The van der Waals surface area contributed by atoms with E-state index < -0.39 is 23.4 Å². The molecule has 0 saturated carbocycles. The van der Waals surface area contributed by atoms with Gasteiger partial charge in [-0.05, 0) is 19.9 Å². The molecule has 24 heavy (non-hydrogen) atoms. The molecule has 2 aromatic heterocycles. The molecular formula is C15H16F3N3O3. The van der Waals surface area contributed by atoms with Gasteiger partial charge in [-0.15, -0.1) is 0 Å². The summed E-state index contributed by atoms with van der Waals surface area (Å²) in [5.74, 6) is -0.661. The standard InChI is InChI=1S/C15H16F3N3O3/c1-9(2)24-14(23)10-4-5-21(12(22)6-10)8-11-7-19-20(3)13(11)15(16,17)18/h4-7,9H,8H2,1-3H3. The maximum atomic E-state index is 13.0. The summed E-state index contributed by atoms with van der Waals surface area (Å²) in [4.78, 5) is 23.8. The van der Waals surface area contributed by atoms with Crippen molar-refractivity contribution in [1.82, 2.24) is 14.3 Å². The molecular weight excluding hydrogens is 327 g/mol. The van der Waals surface area contributed by atoms with Gasteiger partial charge in [-0.3, -0.25) is 9.48 Å². The third kappa shape index (κ3) is 3.84.